The molecule has 3 N–H and O–H groups in total. The molecule has 0 aromatic heterocycles. The molecule has 100 valence electrons. The summed E-state index contributed by atoms with van der Waals surface area (Å²) in [6.07, 6.45) is 5.46. The van der Waals surface area contributed by atoms with E-state index in [0.29, 0.717) is 11.3 Å². The molecule has 1 aromatic carbocycles. The number of allylic oxidation sites excluding steroid dienone is 1. The molecule has 0 bridgehead atoms. The molecule has 4 nitrogen and oxygen atoms in total. The number of amides is 1. The third-order valence-electron chi connectivity index (χ3n) is 3.26. The van der Waals surface area contributed by atoms with Gasteiger partial charge in [0.25, 0.3) is 5.91 Å². The first-order valence-electron chi connectivity index (χ1n) is 6.13. The van der Waals surface area contributed by atoms with E-state index >= 15 is 0 Å². The normalized spacial score (nSPS) is 25.6. The third-order valence-corrected chi connectivity index (χ3v) is 3.26. The maximum atomic E-state index is 12.2. The summed E-state index contributed by atoms with van der Waals surface area (Å²) in [5.41, 5.74) is 6.00. The first-order valence-corrected chi connectivity index (χ1v) is 6.13. The molecule has 0 radical (unpaired) electrons. The lowest BCUT2D eigenvalue weighted by Gasteiger charge is -2.34. The number of ether oxygens (including phenoxy) is 1. The zero-order chi connectivity index (χ0) is 13.9. The molecule has 0 heterocycles. The number of nitrogens with two attached hydrogens (primary N) is 1. The summed E-state index contributed by atoms with van der Waals surface area (Å²) in [7, 11) is 1.59. The van der Waals surface area contributed by atoms with Crippen molar-refractivity contribution in [3.63, 3.8) is 0 Å². The van der Waals surface area contributed by atoms with Crippen molar-refractivity contribution in [2.75, 3.05) is 7.11 Å². The van der Waals surface area contributed by atoms with E-state index in [1.165, 1.54) is 0 Å². The molecule has 1 aromatic rings. The molecule has 2 unspecified atom stereocenters. The number of nitrogens with one attached hydrogen (secondary N) is 1. The standard InChI is InChI=1S/C15H18N2O2/c1-15(10-12(19-2)8-9-13(15)16)17-14(18)11-6-4-3-5-7-11/h3-10,13H,16H2,1-2H3,(H,17,18). The molecule has 2 atom stereocenters. The largest absolute Gasteiger partial charge is 0.497 e. The Labute approximate surface area is 112 Å². The van der Waals surface area contributed by atoms with E-state index in [9.17, 15) is 4.79 Å². The Kier molecular flexibility index (Phi) is 3.71. The summed E-state index contributed by atoms with van der Waals surface area (Å²) >= 11 is 0. The van der Waals surface area contributed by atoms with Crippen molar-refractivity contribution < 1.29 is 9.53 Å². The molecule has 0 saturated carbocycles. The predicted octanol–water partition coefficient (Wildman–Crippen LogP) is 1.60. The fraction of sp³-hybridized carbons (Fsp3) is 0.267. The fourth-order valence-electron chi connectivity index (χ4n) is 1.99. The monoisotopic (exact) mass is 258 g/mol. The topological polar surface area (TPSA) is 64.3 Å². The lowest BCUT2D eigenvalue weighted by molar-refractivity contribution is 0.0915. The molecule has 1 aliphatic carbocycles. The zero-order valence-corrected chi connectivity index (χ0v) is 11.1. The summed E-state index contributed by atoms with van der Waals surface area (Å²) in [6, 6.07) is 8.77. The average molecular weight is 258 g/mol. The van der Waals surface area contributed by atoms with E-state index in [4.69, 9.17) is 10.5 Å². The Morgan fingerprint density at radius 1 is 1.37 bits per heavy atom. The van der Waals surface area contributed by atoms with Crippen molar-refractivity contribution in [1.29, 1.82) is 0 Å². The summed E-state index contributed by atoms with van der Waals surface area (Å²) in [5.74, 6) is 0.540. The number of rotatable bonds is 3. The Hall–Kier alpha value is -2.07. The molecule has 2 rings (SSSR count). The van der Waals surface area contributed by atoms with Crippen LogP contribution in [0.15, 0.2) is 54.3 Å². The summed E-state index contributed by atoms with van der Waals surface area (Å²) < 4.78 is 5.19. The highest BCUT2D eigenvalue weighted by atomic mass is 16.5. The Morgan fingerprint density at radius 2 is 2.05 bits per heavy atom. The van der Waals surface area contributed by atoms with Gasteiger partial charge < -0.3 is 15.8 Å². The van der Waals surface area contributed by atoms with E-state index in [0.717, 1.165) is 0 Å². The van der Waals surface area contributed by atoms with Crippen LogP contribution in [0.5, 0.6) is 0 Å². The predicted molar refractivity (Wildman–Crippen MR) is 74.5 cm³/mol. The Balaban J connectivity index is 2.19. The lowest BCUT2D eigenvalue weighted by Crippen LogP contribution is -2.57. The van der Waals surface area contributed by atoms with Crippen LogP contribution >= 0.6 is 0 Å². The van der Waals surface area contributed by atoms with Crippen molar-refractivity contribution >= 4 is 5.91 Å². The van der Waals surface area contributed by atoms with Gasteiger partial charge in [-0.25, -0.2) is 0 Å². The molecule has 0 fully saturated rings. The highest BCUT2D eigenvalue weighted by Crippen LogP contribution is 2.21. The quantitative estimate of drug-likeness (QED) is 0.865. The second kappa shape index (κ2) is 5.28. The second-order valence-corrected chi connectivity index (χ2v) is 4.74. The van der Waals surface area contributed by atoms with Crippen LogP contribution in [0.1, 0.15) is 17.3 Å². The van der Waals surface area contributed by atoms with Gasteiger partial charge in [-0.05, 0) is 31.2 Å². The number of benzene rings is 1. The van der Waals surface area contributed by atoms with Crippen molar-refractivity contribution in [3.05, 3.63) is 59.9 Å². The molecular weight excluding hydrogens is 240 g/mol. The summed E-state index contributed by atoms with van der Waals surface area (Å²) in [4.78, 5) is 12.2. The number of methoxy groups -OCH3 is 1. The molecule has 1 amide bonds. The number of hydrogen-bond acceptors (Lipinski definition) is 3. The average Bonchev–Trinajstić information content (AvgIpc) is 2.43. The van der Waals surface area contributed by atoms with Crippen LogP contribution in [0.25, 0.3) is 0 Å². The molecule has 0 spiro atoms. The number of hydrogen-bond donors (Lipinski definition) is 2. The molecule has 1 aliphatic rings. The van der Waals surface area contributed by atoms with Gasteiger partial charge in [0.2, 0.25) is 0 Å². The first kappa shape index (κ1) is 13.4. The van der Waals surface area contributed by atoms with Crippen LogP contribution in [-0.2, 0) is 4.74 Å². The van der Waals surface area contributed by atoms with E-state index in [-0.39, 0.29) is 11.9 Å². The number of carbonyl (C=O) groups excluding carboxylic acids is 1. The molecule has 0 aliphatic heterocycles. The van der Waals surface area contributed by atoms with E-state index in [2.05, 4.69) is 5.32 Å². The number of carbonyl (C=O) groups is 1. The van der Waals surface area contributed by atoms with Crippen LogP contribution < -0.4 is 11.1 Å². The highest BCUT2D eigenvalue weighted by Gasteiger charge is 2.33. The van der Waals surface area contributed by atoms with Crippen LogP contribution in [-0.4, -0.2) is 24.6 Å². The van der Waals surface area contributed by atoms with Crippen LogP contribution in [0.3, 0.4) is 0 Å². The van der Waals surface area contributed by atoms with Crippen molar-refractivity contribution in [1.82, 2.24) is 5.32 Å². The Morgan fingerprint density at radius 3 is 2.68 bits per heavy atom. The minimum Gasteiger partial charge on any atom is -0.497 e. The summed E-state index contributed by atoms with van der Waals surface area (Å²) in [6.45, 7) is 1.88. The van der Waals surface area contributed by atoms with E-state index < -0.39 is 5.54 Å². The molecule has 4 heteroatoms. The minimum atomic E-state index is -0.660. The van der Waals surface area contributed by atoms with Crippen LogP contribution in [0.4, 0.5) is 0 Å². The van der Waals surface area contributed by atoms with Gasteiger partial charge in [-0.3, -0.25) is 4.79 Å². The molecule has 0 saturated heterocycles. The van der Waals surface area contributed by atoms with Gasteiger partial charge in [0.1, 0.15) is 5.76 Å². The van der Waals surface area contributed by atoms with E-state index in [1.54, 1.807) is 25.3 Å². The van der Waals surface area contributed by atoms with Crippen molar-refractivity contribution in [2.45, 2.75) is 18.5 Å². The van der Waals surface area contributed by atoms with Gasteiger partial charge in [0.05, 0.1) is 12.6 Å². The third kappa shape index (κ3) is 2.85. The maximum absolute atomic E-state index is 12.2. The molecule has 19 heavy (non-hydrogen) atoms. The van der Waals surface area contributed by atoms with Crippen molar-refractivity contribution in [3.8, 4) is 0 Å². The lowest BCUT2D eigenvalue weighted by atomic mass is 9.87. The second-order valence-electron chi connectivity index (χ2n) is 4.74. The minimum absolute atomic E-state index is 0.152. The van der Waals surface area contributed by atoms with Gasteiger partial charge in [0, 0.05) is 11.6 Å². The Bertz CT molecular complexity index is 522. The SMILES string of the molecule is COC1=CC(C)(NC(=O)c2ccccc2)C(N)C=C1. The first-order chi connectivity index (χ1) is 9.05. The van der Waals surface area contributed by atoms with Gasteiger partial charge in [-0.15, -0.1) is 0 Å². The van der Waals surface area contributed by atoms with Gasteiger partial charge in [-0.2, -0.15) is 0 Å². The van der Waals surface area contributed by atoms with Gasteiger partial charge in [-0.1, -0.05) is 24.3 Å². The zero-order valence-electron chi connectivity index (χ0n) is 11.1. The maximum Gasteiger partial charge on any atom is 0.252 e. The van der Waals surface area contributed by atoms with E-state index in [1.807, 2.05) is 37.3 Å². The molecular formula is C15H18N2O2. The van der Waals surface area contributed by atoms with Gasteiger partial charge in [0.15, 0.2) is 0 Å². The van der Waals surface area contributed by atoms with Crippen LogP contribution in [0.2, 0.25) is 0 Å². The smallest absolute Gasteiger partial charge is 0.252 e. The highest BCUT2D eigenvalue weighted by molar-refractivity contribution is 5.94. The fourth-order valence-corrected chi connectivity index (χ4v) is 1.99. The summed E-state index contributed by atoms with van der Waals surface area (Å²) in [5, 5.41) is 2.95. The van der Waals surface area contributed by atoms with Crippen molar-refractivity contribution in [2.24, 2.45) is 5.73 Å². The van der Waals surface area contributed by atoms with Gasteiger partial charge >= 0.3 is 0 Å². The van der Waals surface area contributed by atoms with Crippen LogP contribution in [0, 0.1) is 0 Å².